The number of nitrogens with two attached hydrogens (primary N) is 1. The van der Waals surface area contributed by atoms with Crippen LogP contribution in [0.2, 0.25) is 0 Å². The van der Waals surface area contributed by atoms with Crippen LogP contribution in [0, 0.1) is 0 Å². The number of hydrogen-bond donors (Lipinski definition) is 2. The van der Waals surface area contributed by atoms with Gasteiger partial charge < -0.3 is 4.90 Å². The molecular weight excluding hydrogens is 246 g/mol. The molecule has 1 aliphatic rings. The summed E-state index contributed by atoms with van der Waals surface area (Å²) in [7, 11) is 0. The molecule has 0 unspecified atom stereocenters. The summed E-state index contributed by atoms with van der Waals surface area (Å²) in [6.45, 7) is 1.87. The molecule has 1 aromatic carbocycles. The van der Waals surface area contributed by atoms with E-state index in [9.17, 15) is 0 Å². The number of hydrogen-bond acceptors (Lipinski definition) is 6. The molecule has 0 saturated heterocycles. The van der Waals surface area contributed by atoms with Gasteiger partial charge in [0.15, 0.2) is 0 Å². The zero-order valence-electron chi connectivity index (χ0n) is 9.97. The van der Waals surface area contributed by atoms with Gasteiger partial charge in [-0.1, -0.05) is 29.5 Å². The maximum Gasteiger partial charge on any atom is 0.219 e. The van der Waals surface area contributed by atoms with E-state index < -0.39 is 0 Å². The van der Waals surface area contributed by atoms with Gasteiger partial charge >= 0.3 is 0 Å². The molecule has 3 rings (SSSR count). The summed E-state index contributed by atoms with van der Waals surface area (Å²) in [4.78, 5) is 2.36. The number of fused-ring (bicyclic) bond motifs is 1. The first-order chi connectivity index (χ1) is 8.86. The number of hydrazine groups is 1. The molecule has 2 heterocycles. The quantitative estimate of drug-likeness (QED) is 0.651. The van der Waals surface area contributed by atoms with Crippen molar-refractivity contribution in [2.75, 3.05) is 16.9 Å². The highest BCUT2D eigenvalue weighted by Gasteiger charge is 2.17. The van der Waals surface area contributed by atoms with Gasteiger partial charge in [-0.3, -0.25) is 5.43 Å². The van der Waals surface area contributed by atoms with Crippen molar-refractivity contribution in [2.24, 2.45) is 5.84 Å². The summed E-state index contributed by atoms with van der Waals surface area (Å²) >= 11 is 1.50. The maximum atomic E-state index is 5.32. The average Bonchev–Trinajstić information content (AvgIpc) is 2.87. The van der Waals surface area contributed by atoms with Crippen molar-refractivity contribution < 1.29 is 0 Å². The maximum absolute atomic E-state index is 5.32. The van der Waals surface area contributed by atoms with Gasteiger partial charge in [-0.2, -0.15) is 0 Å². The third-order valence-electron chi connectivity index (χ3n) is 3.12. The number of para-hydroxylation sites is 1. The zero-order chi connectivity index (χ0) is 12.4. The molecule has 0 aliphatic carbocycles. The van der Waals surface area contributed by atoms with Crippen molar-refractivity contribution in [3.63, 3.8) is 0 Å². The van der Waals surface area contributed by atoms with Gasteiger partial charge in [0.2, 0.25) is 5.13 Å². The molecule has 5 nitrogen and oxygen atoms in total. The van der Waals surface area contributed by atoms with Crippen molar-refractivity contribution in [1.82, 2.24) is 10.2 Å². The Balaban J connectivity index is 1.81. The second-order valence-electron chi connectivity index (χ2n) is 4.30. The fourth-order valence-corrected chi connectivity index (χ4v) is 2.98. The van der Waals surface area contributed by atoms with E-state index in [1.165, 1.54) is 35.4 Å². The lowest BCUT2D eigenvalue weighted by Crippen LogP contribution is -2.28. The van der Waals surface area contributed by atoms with E-state index in [0.717, 1.165) is 18.1 Å². The van der Waals surface area contributed by atoms with Crippen LogP contribution in [0.1, 0.15) is 17.0 Å². The number of nitrogens with zero attached hydrogens (tertiary/aromatic N) is 3. The lowest BCUT2D eigenvalue weighted by atomic mass is 10.0. The van der Waals surface area contributed by atoms with Crippen LogP contribution in [0.15, 0.2) is 24.3 Å². The minimum Gasteiger partial charge on any atom is -0.364 e. The Labute approximate surface area is 110 Å². The number of rotatable bonds is 3. The van der Waals surface area contributed by atoms with E-state index in [0.29, 0.717) is 5.13 Å². The van der Waals surface area contributed by atoms with E-state index in [2.05, 4.69) is 44.8 Å². The summed E-state index contributed by atoms with van der Waals surface area (Å²) in [5.41, 5.74) is 5.27. The highest BCUT2D eigenvalue weighted by atomic mass is 32.1. The van der Waals surface area contributed by atoms with E-state index >= 15 is 0 Å². The second-order valence-corrected chi connectivity index (χ2v) is 5.36. The molecule has 0 fully saturated rings. The molecule has 3 N–H and O–H groups in total. The molecule has 0 amide bonds. The Hall–Kier alpha value is -1.66. The lowest BCUT2D eigenvalue weighted by molar-refractivity contribution is 0.686. The molecule has 1 aromatic heterocycles. The van der Waals surface area contributed by atoms with Crippen LogP contribution < -0.4 is 16.2 Å². The molecule has 0 spiro atoms. The third kappa shape index (κ3) is 2.16. The largest absolute Gasteiger partial charge is 0.364 e. The van der Waals surface area contributed by atoms with Crippen molar-refractivity contribution in [3.05, 3.63) is 34.8 Å². The van der Waals surface area contributed by atoms with Crippen molar-refractivity contribution >= 4 is 22.2 Å². The fourth-order valence-electron chi connectivity index (χ4n) is 2.31. The summed E-state index contributed by atoms with van der Waals surface area (Å²) < 4.78 is 0. The zero-order valence-corrected chi connectivity index (χ0v) is 10.8. The lowest BCUT2D eigenvalue weighted by Gasteiger charge is -2.30. The van der Waals surface area contributed by atoms with Crippen molar-refractivity contribution in [1.29, 1.82) is 0 Å². The van der Waals surface area contributed by atoms with Gasteiger partial charge in [-0.05, 0) is 24.5 Å². The van der Waals surface area contributed by atoms with Gasteiger partial charge in [0.1, 0.15) is 5.01 Å². The SMILES string of the molecule is NNc1nnc(CN2CCCc3ccccc32)s1. The van der Waals surface area contributed by atoms with E-state index in [1.807, 2.05) is 0 Å². The van der Waals surface area contributed by atoms with Crippen molar-refractivity contribution in [2.45, 2.75) is 19.4 Å². The topological polar surface area (TPSA) is 67.1 Å². The van der Waals surface area contributed by atoms with Gasteiger partial charge in [0.05, 0.1) is 6.54 Å². The van der Waals surface area contributed by atoms with Crippen LogP contribution in [0.3, 0.4) is 0 Å². The van der Waals surface area contributed by atoms with E-state index in [-0.39, 0.29) is 0 Å². The van der Waals surface area contributed by atoms with Gasteiger partial charge in [-0.15, -0.1) is 10.2 Å². The third-order valence-corrected chi connectivity index (χ3v) is 3.96. The minimum absolute atomic E-state index is 0.662. The highest BCUT2D eigenvalue weighted by Crippen LogP contribution is 2.28. The molecule has 0 saturated carbocycles. The Morgan fingerprint density at radius 2 is 2.22 bits per heavy atom. The molecule has 0 bridgehead atoms. The summed E-state index contributed by atoms with van der Waals surface area (Å²) in [5.74, 6) is 5.32. The average molecular weight is 261 g/mol. The number of anilines is 2. The van der Waals surface area contributed by atoms with Gasteiger partial charge in [0.25, 0.3) is 0 Å². The number of nitrogens with one attached hydrogen (secondary N) is 1. The van der Waals surface area contributed by atoms with Crippen LogP contribution in [-0.2, 0) is 13.0 Å². The Morgan fingerprint density at radius 3 is 3.06 bits per heavy atom. The number of nitrogen functional groups attached to an aromatic ring is 1. The smallest absolute Gasteiger partial charge is 0.219 e. The Morgan fingerprint density at radius 1 is 1.33 bits per heavy atom. The summed E-state index contributed by atoms with van der Waals surface area (Å²) in [5, 5.41) is 9.75. The van der Waals surface area contributed by atoms with Crippen LogP contribution in [-0.4, -0.2) is 16.7 Å². The number of benzene rings is 1. The normalized spacial score (nSPS) is 14.4. The summed E-state index contributed by atoms with van der Waals surface area (Å²) in [6.07, 6.45) is 2.36. The van der Waals surface area contributed by atoms with Crippen LogP contribution in [0.5, 0.6) is 0 Å². The molecular formula is C12H15N5S. The standard InChI is InChI=1S/C12H15N5S/c13-14-12-16-15-11(18-12)8-17-7-3-5-9-4-1-2-6-10(9)17/h1-2,4,6H,3,5,7-8,13H2,(H,14,16). The van der Waals surface area contributed by atoms with Crippen molar-refractivity contribution in [3.8, 4) is 0 Å². The molecule has 2 aromatic rings. The van der Waals surface area contributed by atoms with Crippen LogP contribution in [0.4, 0.5) is 10.8 Å². The Bertz CT molecular complexity index is 539. The molecule has 0 atom stereocenters. The number of aryl methyl sites for hydroxylation is 1. The minimum atomic E-state index is 0.662. The van der Waals surface area contributed by atoms with Gasteiger partial charge in [0, 0.05) is 12.2 Å². The first-order valence-electron chi connectivity index (χ1n) is 5.98. The van der Waals surface area contributed by atoms with Crippen LogP contribution >= 0.6 is 11.3 Å². The van der Waals surface area contributed by atoms with Crippen LogP contribution in [0.25, 0.3) is 0 Å². The number of aromatic nitrogens is 2. The predicted octanol–water partition coefficient (Wildman–Crippen LogP) is 1.78. The predicted molar refractivity (Wildman–Crippen MR) is 73.5 cm³/mol. The van der Waals surface area contributed by atoms with E-state index in [1.54, 1.807) is 0 Å². The van der Waals surface area contributed by atoms with E-state index in [4.69, 9.17) is 5.84 Å². The monoisotopic (exact) mass is 261 g/mol. The second kappa shape index (κ2) is 4.91. The van der Waals surface area contributed by atoms with Gasteiger partial charge in [-0.25, -0.2) is 5.84 Å². The first kappa shape index (κ1) is 11.4. The molecule has 6 heteroatoms. The fraction of sp³-hybridized carbons (Fsp3) is 0.333. The highest BCUT2D eigenvalue weighted by molar-refractivity contribution is 7.15. The molecule has 94 valence electrons. The Kier molecular flexibility index (Phi) is 3.12. The molecule has 1 aliphatic heterocycles. The summed E-state index contributed by atoms with van der Waals surface area (Å²) in [6, 6.07) is 8.57. The molecule has 0 radical (unpaired) electrons. The first-order valence-corrected chi connectivity index (χ1v) is 6.80. The molecule has 18 heavy (non-hydrogen) atoms.